The molecule has 8 unspecified atom stereocenters. The number of Topliss-reactive ketones (excluding diaryl/α,β-unsaturated/α-hetero) is 2. The number of aliphatic carboxylic acids is 2. The van der Waals surface area contributed by atoms with E-state index in [0.29, 0.717) is 11.4 Å². The molecule has 0 saturated heterocycles. The summed E-state index contributed by atoms with van der Waals surface area (Å²) in [6, 6.07) is 10.6. The van der Waals surface area contributed by atoms with Gasteiger partial charge < -0.3 is 130 Å². The average molecular weight is 1520 g/mol. The molecule has 5 rings (SSSR count). The van der Waals surface area contributed by atoms with Crippen molar-refractivity contribution in [3.8, 4) is 0 Å². The van der Waals surface area contributed by atoms with Gasteiger partial charge in [-0.05, 0) is 105 Å². The van der Waals surface area contributed by atoms with Crippen molar-refractivity contribution in [1.82, 2.24) is 56.9 Å². The van der Waals surface area contributed by atoms with E-state index in [4.69, 9.17) is 4.98 Å². The van der Waals surface area contributed by atoms with Gasteiger partial charge in [-0.15, -0.1) is 0 Å². The highest BCUT2D eigenvalue weighted by atomic mass is 16.4. The van der Waals surface area contributed by atoms with E-state index in [-0.39, 0.29) is 187 Å². The first-order chi connectivity index (χ1) is 51.5. The zero-order valence-electron chi connectivity index (χ0n) is 59.2. The van der Waals surface area contributed by atoms with Gasteiger partial charge in [0.05, 0.1) is 87.7 Å². The van der Waals surface area contributed by atoms with Crippen LogP contribution in [0.5, 0.6) is 0 Å². The Morgan fingerprint density at radius 1 is 0.380 bits per heavy atom. The molecule has 8 atom stereocenters. The highest BCUT2D eigenvalue weighted by Crippen LogP contribution is 2.23. The lowest BCUT2D eigenvalue weighted by Gasteiger charge is -2.35. The van der Waals surface area contributed by atoms with Gasteiger partial charge in [0.1, 0.15) is 12.1 Å². The fourth-order valence-corrected chi connectivity index (χ4v) is 10.8. The Balaban J connectivity index is 1.40. The molecule has 594 valence electrons. The zero-order valence-corrected chi connectivity index (χ0v) is 59.2. The van der Waals surface area contributed by atoms with Crippen LogP contribution >= 0.6 is 0 Å². The van der Waals surface area contributed by atoms with Crippen LogP contribution < -0.4 is 53.2 Å². The Bertz CT molecular complexity index is 3370. The standard InChI is InChI=1S/C69H98N14O25/c84-34-51(90)5-7-59(96)40-19-42(61(98)73-28-53(92)36-86)24-48(22-40)78-68(107)71-12-9-57(65(102)103)82-17-15-81(14-2-11-70-67(106)80-50-26-44(63(100)75-30-55(94)38-88)21-45(27-50)64(101)76-31-56(95)39-89)16-18-83(33-47-4-1-3-46(32-82)77-47)58(66(104)105)10-13-72-69(108)79-49-23-41(60(97)8-6-52(91)35-85)20-43(25-49)62(99)74-29-54(93)37-87/h1,3-4,19-27,51-58,84-95H,2,5-18,28-39H2,(H,73,98)(H,74,99)(H,75,100)(H,76,101)(H,102,103)(H,104,105)(H2,70,80,106)(H2,71,78,107)(H2,72,79,108). The lowest BCUT2D eigenvalue weighted by atomic mass is 10.0. The minimum absolute atomic E-state index is 0.0125. The number of aliphatic hydroxyl groups excluding tert-OH is 12. The number of pyridine rings is 1. The Morgan fingerprint density at radius 2 is 0.685 bits per heavy atom. The monoisotopic (exact) mass is 1520 g/mol. The number of aromatic nitrogens is 1. The van der Waals surface area contributed by atoms with Crippen LogP contribution in [0.4, 0.5) is 31.4 Å². The van der Waals surface area contributed by atoms with Crippen LogP contribution in [-0.2, 0) is 22.7 Å². The number of amides is 10. The van der Waals surface area contributed by atoms with E-state index in [1.807, 2.05) is 4.90 Å². The molecular formula is C69H98N14O25. The van der Waals surface area contributed by atoms with Gasteiger partial charge in [-0.25, -0.2) is 14.4 Å². The summed E-state index contributed by atoms with van der Waals surface area (Å²) in [6.45, 7) is -6.01. The number of nitrogens with zero attached hydrogens (tertiary/aromatic N) is 4. The minimum Gasteiger partial charge on any atom is -0.480 e. The summed E-state index contributed by atoms with van der Waals surface area (Å²) in [5, 5.41) is 162. The normalized spacial score (nSPS) is 15.1. The summed E-state index contributed by atoms with van der Waals surface area (Å²) in [5.41, 5.74) is -0.246. The van der Waals surface area contributed by atoms with Crippen LogP contribution in [0.1, 0.15) is 118 Å². The smallest absolute Gasteiger partial charge is 0.320 e. The second-order valence-electron chi connectivity index (χ2n) is 25.4. The number of rotatable bonds is 43. The lowest BCUT2D eigenvalue weighted by Crippen LogP contribution is -2.49. The first kappa shape index (κ1) is 88.8. The molecule has 10 amide bonds. The third kappa shape index (κ3) is 31.2. The number of hydrogen-bond acceptors (Lipinski definition) is 27. The van der Waals surface area contributed by atoms with E-state index in [0.717, 1.165) is 6.07 Å². The summed E-state index contributed by atoms with van der Waals surface area (Å²) in [5.74, 6) is -6.96. The Morgan fingerprint density at radius 3 is 1.00 bits per heavy atom. The number of aliphatic hydroxyl groups is 12. The van der Waals surface area contributed by atoms with Crippen molar-refractivity contribution in [2.24, 2.45) is 0 Å². The highest BCUT2D eigenvalue weighted by molar-refractivity contribution is 6.05. The predicted molar refractivity (Wildman–Crippen MR) is 384 cm³/mol. The molecule has 2 bridgehead atoms. The topological polar surface area (TPSA) is 614 Å². The van der Waals surface area contributed by atoms with Crippen LogP contribution in [0.25, 0.3) is 0 Å². The van der Waals surface area contributed by atoms with Gasteiger partial charge in [0.2, 0.25) is 0 Å². The predicted octanol–water partition coefficient (Wildman–Crippen LogP) is -4.49. The van der Waals surface area contributed by atoms with E-state index in [1.54, 1.807) is 28.0 Å². The number of carboxylic acid groups (broad SMARTS) is 2. The van der Waals surface area contributed by atoms with Crippen LogP contribution in [0.2, 0.25) is 0 Å². The maximum absolute atomic E-state index is 13.6. The number of nitrogens with one attached hydrogen (secondary N) is 10. The number of anilines is 3. The van der Waals surface area contributed by atoms with Crippen molar-refractivity contribution in [1.29, 1.82) is 0 Å². The fraction of sp³-hybridized carbons (Fsp3) is 0.507. The lowest BCUT2D eigenvalue weighted by molar-refractivity contribution is -0.144. The van der Waals surface area contributed by atoms with Crippen LogP contribution in [0, 0.1) is 0 Å². The molecule has 0 radical (unpaired) electrons. The van der Waals surface area contributed by atoms with Gasteiger partial charge >= 0.3 is 30.0 Å². The molecular weight excluding hydrogens is 1420 g/mol. The molecule has 4 aromatic rings. The number of ketones is 2. The van der Waals surface area contributed by atoms with E-state index < -0.39 is 154 Å². The van der Waals surface area contributed by atoms with Gasteiger partial charge in [-0.3, -0.25) is 53.1 Å². The summed E-state index contributed by atoms with van der Waals surface area (Å²) >= 11 is 0. The molecule has 0 aliphatic carbocycles. The molecule has 1 aliphatic rings. The first-order valence-electron chi connectivity index (χ1n) is 34.7. The van der Waals surface area contributed by atoms with Gasteiger partial charge in [0.25, 0.3) is 23.6 Å². The third-order valence-corrected chi connectivity index (χ3v) is 16.7. The van der Waals surface area contributed by atoms with Crippen molar-refractivity contribution < 1.29 is 124 Å². The van der Waals surface area contributed by atoms with Crippen molar-refractivity contribution in [2.45, 2.75) is 107 Å². The van der Waals surface area contributed by atoms with Gasteiger partial charge in [-0.1, -0.05) is 6.07 Å². The molecule has 0 spiro atoms. The SMILES string of the molecule is O=C(NCCCN1CCN(C(CCNC(=O)Nc2cc(C(=O)CCC(O)CO)cc(C(=O)NCC(O)CO)c2)C(=O)O)Cc2cccc(n2)CN(C(CCNC(=O)Nc2cc(C(=O)CCC(O)CO)cc(C(=O)NCC(O)CO)c2)C(=O)O)CC1)Nc1cc(C(=O)NCC(O)CO)cc(C(=O)NCC(O)CO)c1. The second-order valence-corrected chi connectivity index (χ2v) is 25.4. The van der Waals surface area contributed by atoms with Crippen LogP contribution in [0.15, 0.2) is 72.8 Å². The summed E-state index contributed by atoms with van der Waals surface area (Å²) < 4.78 is 0. The Labute approximate surface area is 619 Å². The molecule has 39 nitrogen and oxygen atoms in total. The number of hydrogen-bond donors (Lipinski definition) is 24. The summed E-state index contributed by atoms with van der Waals surface area (Å²) in [7, 11) is 0. The van der Waals surface area contributed by atoms with Crippen molar-refractivity contribution in [2.75, 3.05) is 134 Å². The minimum atomic E-state index is -1.33. The molecule has 108 heavy (non-hydrogen) atoms. The van der Waals surface area contributed by atoms with Crippen LogP contribution in [-0.4, -0.2) is 323 Å². The number of carbonyl (C=O) groups is 11. The summed E-state index contributed by atoms with van der Waals surface area (Å²) in [4.78, 5) is 157. The third-order valence-electron chi connectivity index (χ3n) is 16.7. The van der Waals surface area contributed by atoms with Gasteiger partial charge in [-0.2, -0.15) is 0 Å². The maximum atomic E-state index is 13.6. The van der Waals surface area contributed by atoms with E-state index in [2.05, 4.69) is 53.2 Å². The number of carbonyl (C=O) groups excluding carboxylic acids is 9. The quantitative estimate of drug-likeness (QED) is 0.0147. The molecule has 3 aromatic carbocycles. The highest BCUT2D eigenvalue weighted by Gasteiger charge is 2.31. The molecule has 2 heterocycles. The van der Waals surface area contributed by atoms with Crippen molar-refractivity contribution in [3.63, 3.8) is 0 Å². The second kappa shape index (κ2) is 46.4. The maximum Gasteiger partial charge on any atom is 0.320 e. The Kier molecular flexibility index (Phi) is 38.2. The molecule has 1 aromatic heterocycles. The molecule has 0 fully saturated rings. The van der Waals surface area contributed by atoms with Crippen molar-refractivity contribution >= 4 is 82.3 Å². The Hall–Kier alpha value is -9.82. The average Bonchev–Trinajstić information content (AvgIpc) is 0.845. The zero-order chi connectivity index (χ0) is 79.4. The fourth-order valence-electron chi connectivity index (χ4n) is 10.8. The molecule has 24 N–H and O–H groups in total. The number of benzene rings is 3. The van der Waals surface area contributed by atoms with Crippen LogP contribution in [0.3, 0.4) is 0 Å². The molecule has 39 heteroatoms. The summed E-state index contributed by atoms with van der Waals surface area (Å²) in [6.07, 6.45) is -8.82. The van der Waals surface area contributed by atoms with Crippen molar-refractivity contribution in [3.05, 3.63) is 118 Å². The molecule has 1 aliphatic heterocycles. The van der Waals surface area contributed by atoms with Gasteiger partial charge in [0.15, 0.2) is 11.6 Å². The van der Waals surface area contributed by atoms with E-state index in [9.17, 15) is 124 Å². The first-order valence-corrected chi connectivity index (χ1v) is 34.7. The number of carboxylic acids is 2. The van der Waals surface area contributed by atoms with E-state index >= 15 is 0 Å². The number of fused-ring (bicyclic) bond motifs is 2. The largest absolute Gasteiger partial charge is 0.480 e. The van der Waals surface area contributed by atoms with E-state index in [1.165, 1.54) is 48.5 Å². The van der Waals surface area contributed by atoms with Gasteiger partial charge in [0, 0.05) is 148 Å². The molecule has 0 saturated carbocycles. The number of urea groups is 3.